The Bertz CT molecular complexity index is 903. The Hall–Kier alpha value is -1.93. The summed E-state index contributed by atoms with van der Waals surface area (Å²) in [7, 11) is 1.65. The van der Waals surface area contributed by atoms with Gasteiger partial charge in [-0.05, 0) is 43.3 Å². The van der Waals surface area contributed by atoms with E-state index >= 15 is 0 Å². The van der Waals surface area contributed by atoms with E-state index in [1.807, 2.05) is 30.3 Å². The molecule has 1 fully saturated rings. The van der Waals surface area contributed by atoms with Gasteiger partial charge in [-0.1, -0.05) is 11.6 Å². The molecule has 4 rings (SSSR count). The summed E-state index contributed by atoms with van der Waals surface area (Å²) in [5, 5.41) is 8.51. The van der Waals surface area contributed by atoms with Crippen molar-refractivity contribution >= 4 is 22.9 Å². The van der Waals surface area contributed by atoms with Gasteiger partial charge < -0.3 is 9.15 Å². The fraction of sp³-hybridized carbons (Fsp3) is 0.400. The van der Waals surface area contributed by atoms with Gasteiger partial charge in [0.1, 0.15) is 5.75 Å². The monoisotopic (exact) mass is 418 g/mol. The first kappa shape index (κ1) is 19.4. The minimum Gasteiger partial charge on any atom is -0.497 e. The number of ether oxygens (including phenoxy) is 1. The highest BCUT2D eigenvalue weighted by Gasteiger charge is 2.26. The summed E-state index contributed by atoms with van der Waals surface area (Å²) in [6.45, 7) is 7.06. The minimum absolute atomic E-state index is 0.0952. The van der Waals surface area contributed by atoms with Gasteiger partial charge >= 0.3 is 0 Å². The molecule has 2 aromatic heterocycles. The normalized spacial score (nSPS) is 17.0. The van der Waals surface area contributed by atoms with Crippen molar-refractivity contribution in [3.05, 3.63) is 51.5 Å². The largest absolute Gasteiger partial charge is 0.497 e. The van der Waals surface area contributed by atoms with E-state index in [-0.39, 0.29) is 6.04 Å². The molecule has 148 valence electrons. The van der Waals surface area contributed by atoms with E-state index in [0.29, 0.717) is 11.8 Å². The van der Waals surface area contributed by atoms with Crippen LogP contribution in [0.15, 0.2) is 40.8 Å². The predicted molar refractivity (Wildman–Crippen MR) is 111 cm³/mol. The van der Waals surface area contributed by atoms with E-state index < -0.39 is 0 Å². The van der Waals surface area contributed by atoms with Crippen molar-refractivity contribution in [1.82, 2.24) is 20.0 Å². The third-order valence-corrected chi connectivity index (χ3v) is 6.31. The zero-order chi connectivity index (χ0) is 19.5. The standard InChI is InChI=1S/C20H23ClN4O2S/c1-14(19-22-23-20(27-19)15-3-5-16(26-2)6-4-15)25-11-9-24(10-12-25)13-17-7-8-18(21)28-17/h3-8,14H,9-13H2,1-2H3/t14-/m1/s1. The minimum atomic E-state index is 0.0952. The van der Waals surface area contributed by atoms with Gasteiger partial charge in [-0.3, -0.25) is 9.80 Å². The molecular formula is C20H23ClN4O2S. The summed E-state index contributed by atoms with van der Waals surface area (Å²) in [5.74, 6) is 2.00. The smallest absolute Gasteiger partial charge is 0.247 e. The van der Waals surface area contributed by atoms with Crippen LogP contribution in [0.2, 0.25) is 4.34 Å². The summed E-state index contributed by atoms with van der Waals surface area (Å²) in [6.07, 6.45) is 0. The van der Waals surface area contributed by atoms with Gasteiger partial charge in [-0.2, -0.15) is 0 Å². The third-order valence-electron chi connectivity index (χ3n) is 5.10. The third kappa shape index (κ3) is 4.38. The van der Waals surface area contributed by atoms with Crippen LogP contribution in [-0.2, 0) is 6.54 Å². The second kappa shape index (κ2) is 8.61. The summed E-state index contributed by atoms with van der Waals surface area (Å²) < 4.78 is 12.0. The van der Waals surface area contributed by atoms with Crippen LogP contribution in [0, 0.1) is 0 Å². The number of aromatic nitrogens is 2. The van der Waals surface area contributed by atoms with Crippen molar-refractivity contribution in [1.29, 1.82) is 0 Å². The van der Waals surface area contributed by atoms with E-state index in [2.05, 4.69) is 33.0 Å². The first-order valence-electron chi connectivity index (χ1n) is 9.31. The lowest BCUT2D eigenvalue weighted by atomic mass is 10.2. The van der Waals surface area contributed by atoms with Gasteiger partial charge in [-0.25, -0.2) is 0 Å². The SMILES string of the molecule is COc1ccc(-c2nnc([C@@H](C)N3CCN(Cc4ccc(Cl)s4)CC3)o2)cc1. The van der Waals surface area contributed by atoms with Crippen molar-refractivity contribution in [2.75, 3.05) is 33.3 Å². The Kier molecular flexibility index (Phi) is 5.96. The molecule has 0 N–H and O–H groups in total. The molecule has 0 unspecified atom stereocenters. The maximum Gasteiger partial charge on any atom is 0.247 e. The van der Waals surface area contributed by atoms with Crippen molar-refractivity contribution in [3.8, 4) is 17.2 Å². The van der Waals surface area contributed by atoms with E-state index in [0.717, 1.165) is 48.4 Å². The number of nitrogens with zero attached hydrogens (tertiary/aromatic N) is 4. The van der Waals surface area contributed by atoms with Crippen LogP contribution in [0.1, 0.15) is 23.7 Å². The molecular weight excluding hydrogens is 396 g/mol. The lowest BCUT2D eigenvalue weighted by Gasteiger charge is -2.36. The predicted octanol–water partition coefficient (Wildman–Crippen LogP) is 4.34. The van der Waals surface area contributed by atoms with Gasteiger partial charge in [0.15, 0.2) is 0 Å². The Morgan fingerprint density at radius 1 is 1.11 bits per heavy atom. The maximum atomic E-state index is 6.03. The van der Waals surface area contributed by atoms with Crippen molar-refractivity contribution in [2.24, 2.45) is 0 Å². The Morgan fingerprint density at radius 3 is 2.50 bits per heavy atom. The molecule has 3 heterocycles. The molecule has 1 atom stereocenters. The summed E-state index contributed by atoms with van der Waals surface area (Å²) in [4.78, 5) is 6.16. The highest BCUT2D eigenvalue weighted by Crippen LogP contribution is 2.27. The number of hydrogen-bond acceptors (Lipinski definition) is 7. The average Bonchev–Trinajstić information content (AvgIpc) is 3.37. The lowest BCUT2D eigenvalue weighted by Crippen LogP contribution is -2.46. The molecule has 8 heteroatoms. The number of halogens is 1. The van der Waals surface area contributed by atoms with Gasteiger partial charge in [0.05, 0.1) is 17.5 Å². The molecule has 1 aliphatic rings. The molecule has 0 radical (unpaired) electrons. The highest BCUT2D eigenvalue weighted by atomic mass is 35.5. The molecule has 0 amide bonds. The first-order chi connectivity index (χ1) is 13.6. The highest BCUT2D eigenvalue weighted by molar-refractivity contribution is 7.16. The zero-order valence-corrected chi connectivity index (χ0v) is 17.5. The fourth-order valence-electron chi connectivity index (χ4n) is 3.38. The van der Waals surface area contributed by atoms with E-state index in [1.54, 1.807) is 18.4 Å². The van der Waals surface area contributed by atoms with Crippen molar-refractivity contribution in [3.63, 3.8) is 0 Å². The molecule has 1 aromatic carbocycles. The molecule has 6 nitrogen and oxygen atoms in total. The molecule has 1 aliphatic heterocycles. The number of rotatable bonds is 6. The first-order valence-corrected chi connectivity index (χ1v) is 10.5. The van der Waals surface area contributed by atoms with Crippen LogP contribution >= 0.6 is 22.9 Å². The second-order valence-electron chi connectivity index (χ2n) is 6.87. The fourth-order valence-corrected chi connectivity index (χ4v) is 4.51. The van der Waals surface area contributed by atoms with Crippen LogP contribution < -0.4 is 4.74 Å². The molecule has 0 saturated carbocycles. The van der Waals surface area contributed by atoms with Gasteiger partial charge in [-0.15, -0.1) is 21.5 Å². The van der Waals surface area contributed by atoms with Crippen molar-refractivity contribution in [2.45, 2.75) is 19.5 Å². The molecule has 0 aliphatic carbocycles. The van der Waals surface area contributed by atoms with Crippen LogP contribution in [-0.4, -0.2) is 53.3 Å². The maximum absolute atomic E-state index is 6.03. The topological polar surface area (TPSA) is 54.6 Å². The van der Waals surface area contributed by atoms with E-state index in [9.17, 15) is 0 Å². The second-order valence-corrected chi connectivity index (χ2v) is 8.67. The summed E-state index contributed by atoms with van der Waals surface area (Å²) >= 11 is 7.69. The van der Waals surface area contributed by atoms with Gasteiger partial charge in [0.2, 0.25) is 11.8 Å². The van der Waals surface area contributed by atoms with Crippen LogP contribution in [0.3, 0.4) is 0 Å². The number of methoxy groups -OCH3 is 1. The van der Waals surface area contributed by atoms with Gasteiger partial charge in [0, 0.05) is 43.2 Å². The Labute approximate surface area is 173 Å². The molecule has 3 aromatic rings. The van der Waals surface area contributed by atoms with Crippen LogP contribution in [0.5, 0.6) is 5.75 Å². The number of thiophene rings is 1. The molecule has 0 bridgehead atoms. The summed E-state index contributed by atoms with van der Waals surface area (Å²) in [5.41, 5.74) is 0.895. The van der Waals surface area contributed by atoms with Crippen LogP contribution in [0.4, 0.5) is 0 Å². The van der Waals surface area contributed by atoms with E-state index in [4.69, 9.17) is 20.8 Å². The molecule has 0 spiro atoms. The lowest BCUT2D eigenvalue weighted by molar-refractivity contribution is 0.0881. The Morgan fingerprint density at radius 2 is 1.86 bits per heavy atom. The Balaban J connectivity index is 1.35. The number of benzene rings is 1. The van der Waals surface area contributed by atoms with Crippen LogP contribution in [0.25, 0.3) is 11.5 Å². The molecule has 28 heavy (non-hydrogen) atoms. The summed E-state index contributed by atoms with van der Waals surface area (Å²) in [6, 6.07) is 11.8. The number of hydrogen-bond donors (Lipinski definition) is 0. The zero-order valence-electron chi connectivity index (χ0n) is 16.0. The van der Waals surface area contributed by atoms with Gasteiger partial charge in [0.25, 0.3) is 0 Å². The van der Waals surface area contributed by atoms with Crippen molar-refractivity contribution < 1.29 is 9.15 Å². The quantitative estimate of drug-likeness (QED) is 0.593. The molecule has 1 saturated heterocycles. The number of piperazine rings is 1. The van der Waals surface area contributed by atoms with E-state index in [1.165, 1.54) is 4.88 Å². The average molecular weight is 419 g/mol.